The molecule has 0 bridgehead atoms. The Balaban J connectivity index is 1.30. The van der Waals surface area contributed by atoms with Crippen molar-refractivity contribution in [3.8, 4) is 5.75 Å². The molecule has 8 nitrogen and oxygen atoms in total. The molecule has 1 aliphatic rings. The Morgan fingerprint density at radius 2 is 1.78 bits per heavy atom. The summed E-state index contributed by atoms with van der Waals surface area (Å²) in [7, 11) is 2.05. The highest BCUT2D eigenvalue weighted by Crippen LogP contribution is 2.19. The predicted molar refractivity (Wildman–Crippen MR) is 118 cm³/mol. The second kappa shape index (κ2) is 9.84. The number of likely N-dealkylation sites (N-methyl/N-ethyl adjacent to an activating group) is 1. The largest absolute Gasteiger partial charge is 0.486 e. The van der Waals surface area contributed by atoms with Gasteiger partial charge in [0, 0.05) is 31.7 Å². The number of carbonyl (C=O) groups is 2. The van der Waals surface area contributed by atoms with Gasteiger partial charge < -0.3 is 19.9 Å². The fourth-order valence-corrected chi connectivity index (χ4v) is 3.82. The van der Waals surface area contributed by atoms with Gasteiger partial charge in [0.05, 0.1) is 5.69 Å². The molecule has 0 atom stereocenters. The molecule has 2 amide bonds. The standard InChI is InChI=1S/C22H22FN5O3S/c1-27-10-12-28(13-11-27)22(30)15-6-8-16(9-7-15)31-14-19-25-26-21(32-19)20(29)24-18-5-3-2-4-17(18)23/h2-9H,10-14H2,1H3,(H,24,29). The smallest absolute Gasteiger partial charge is 0.286 e. The van der Waals surface area contributed by atoms with Gasteiger partial charge in [-0.1, -0.05) is 23.5 Å². The number of ether oxygens (including phenoxy) is 1. The zero-order valence-electron chi connectivity index (χ0n) is 17.5. The zero-order chi connectivity index (χ0) is 22.5. The molecule has 0 spiro atoms. The van der Waals surface area contributed by atoms with Crippen molar-refractivity contribution in [1.29, 1.82) is 0 Å². The third-order valence-corrected chi connectivity index (χ3v) is 5.93. The van der Waals surface area contributed by atoms with Crippen LogP contribution in [0.3, 0.4) is 0 Å². The highest BCUT2D eigenvalue weighted by molar-refractivity contribution is 7.13. The van der Waals surface area contributed by atoms with Crippen LogP contribution in [-0.4, -0.2) is 65.0 Å². The molecule has 2 heterocycles. The molecular formula is C22H22FN5O3S. The molecule has 3 aromatic rings. The molecule has 0 saturated carbocycles. The van der Waals surface area contributed by atoms with Gasteiger partial charge in [0.2, 0.25) is 5.01 Å². The lowest BCUT2D eigenvalue weighted by Gasteiger charge is -2.32. The minimum atomic E-state index is -0.536. The lowest BCUT2D eigenvalue weighted by molar-refractivity contribution is 0.0664. The van der Waals surface area contributed by atoms with Gasteiger partial charge in [-0.15, -0.1) is 10.2 Å². The van der Waals surface area contributed by atoms with E-state index >= 15 is 0 Å². The number of benzene rings is 2. The number of para-hydroxylation sites is 1. The van der Waals surface area contributed by atoms with Crippen molar-refractivity contribution < 1.29 is 18.7 Å². The van der Waals surface area contributed by atoms with E-state index in [4.69, 9.17) is 4.74 Å². The summed E-state index contributed by atoms with van der Waals surface area (Å²) in [5.41, 5.74) is 0.696. The van der Waals surface area contributed by atoms with E-state index in [-0.39, 0.29) is 23.2 Å². The molecule has 1 saturated heterocycles. The molecule has 166 valence electrons. The van der Waals surface area contributed by atoms with Gasteiger partial charge >= 0.3 is 0 Å². The van der Waals surface area contributed by atoms with Crippen molar-refractivity contribution in [3.63, 3.8) is 0 Å². The molecule has 1 aromatic heterocycles. The molecular weight excluding hydrogens is 433 g/mol. The van der Waals surface area contributed by atoms with Crippen LogP contribution in [0.2, 0.25) is 0 Å². The minimum Gasteiger partial charge on any atom is -0.486 e. The Labute approximate surface area is 188 Å². The molecule has 2 aromatic carbocycles. The van der Waals surface area contributed by atoms with Gasteiger partial charge in [0.25, 0.3) is 11.8 Å². The number of nitrogens with one attached hydrogen (secondary N) is 1. The maximum absolute atomic E-state index is 13.7. The minimum absolute atomic E-state index is 0.0132. The summed E-state index contributed by atoms with van der Waals surface area (Å²) in [5.74, 6) is -0.471. The van der Waals surface area contributed by atoms with Gasteiger partial charge in [-0.2, -0.15) is 0 Å². The molecule has 0 unspecified atom stereocenters. The van der Waals surface area contributed by atoms with Crippen LogP contribution >= 0.6 is 11.3 Å². The van der Waals surface area contributed by atoms with Gasteiger partial charge in [-0.25, -0.2) is 4.39 Å². The predicted octanol–water partition coefficient (Wildman–Crippen LogP) is 2.90. The van der Waals surface area contributed by atoms with Crippen LogP contribution < -0.4 is 10.1 Å². The third-order valence-electron chi connectivity index (χ3n) is 5.04. The number of piperazine rings is 1. The normalized spacial score (nSPS) is 14.2. The summed E-state index contributed by atoms with van der Waals surface area (Å²) in [6.45, 7) is 3.30. The first kappa shape index (κ1) is 21.8. The Hall–Kier alpha value is -3.37. The zero-order valence-corrected chi connectivity index (χ0v) is 18.3. The van der Waals surface area contributed by atoms with Crippen LogP contribution in [0.25, 0.3) is 0 Å². The van der Waals surface area contributed by atoms with E-state index in [1.807, 2.05) is 11.9 Å². The van der Waals surface area contributed by atoms with E-state index in [0.29, 0.717) is 16.3 Å². The van der Waals surface area contributed by atoms with Crippen molar-refractivity contribution in [1.82, 2.24) is 20.0 Å². The van der Waals surface area contributed by atoms with E-state index in [0.717, 1.165) is 37.5 Å². The highest BCUT2D eigenvalue weighted by atomic mass is 32.1. The number of nitrogens with zero attached hydrogens (tertiary/aromatic N) is 4. The quantitative estimate of drug-likeness (QED) is 0.615. The number of amides is 2. The summed E-state index contributed by atoms with van der Waals surface area (Å²) in [5, 5.41) is 10.9. The van der Waals surface area contributed by atoms with E-state index in [1.54, 1.807) is 36.4 Å². The Morgan fingerprint density at radius 1 is 1.06 bits per heavy atom. The number of halogens is 1. The average molecular weight is 456 g/mol. The SMILES string of the molecule is CN1CCN(C(=O)c2ccc(OCc3nnc(C(=O)Nc4ccccc4F)s3)cc2)CC1. The van der Waals surface area contributed by atoms with Crippen molar-refractivity contribution in [3.05, 3.63) is 69.9 Å². The molecule has 1 N–H and O–H groups in total. The summed E-state index contributed by atoms with van der Waals surface area (Å²) in [6.07, 6.45) is 0. The summed E-state index contributed by atoms with van der Waals surface area (Å²) in [4.78, 5) is 28.9. The highest BCUT2D eigenvalue weighted by Gasteiger charge is 2.20. The van der Waals surface area contributed by atoms with Crippen LogP contribution in [0.15, 0.2) is 48.5 Å². The lowest BCUT2D eigenvalue weighted by atomic mass is 10.1. The average Bonchev–Trinajstić information content (AvgIpc) is 3.29. The summed E-state index contributed by atoms with van der Waals surface area (Å²) >= 11 is 1.07. The molecule has 1 fully saturated rings. The molecule has 0 aliphatic carbocycles. The maximum Gasteiger partial charge on any atom is 0.286 e. The van der Waals surface area contributed by atoms with Gasteiger partial charge in [-0.05, 0) is 43.4 Å². The van der Waals surface area contributed by atoms with E-state index in [9.17, 15) is 14.0 Å². The number of hydrogen-bond donors (Lipinski definition) is 1. The van der Waals surface area contributed by atoms with Crippen LogP contribution in [0.1, 0.15) is 25.2 Å². The van der Waals surface area contributed by atoms with Crippen LogP contribution in [0.4, 0.5) is 10.1 Å². The second-order valence-corrected chi connectivity index (χ2v) is 8.41. The number of carbonyl (C=O) groups excluding carboxylic acids is 2. The maximum atomic E-state index is 13.7. The monoisotopic (exact) mass is 455 g/mol. The lowest BCUT2D eigenvalue weighted by Crippen LogP contribution is -2.47. The molecule has 32 heavy (non-hydrogen) atoms. The van der Waals surface area contributed by atoms with Crippen molar-refractivity contribution in [2.24, 2.45) is 0 Å². The molecule has 0 radical (unpaired) electrons. The van der Waals surface area contributed by atoms with Gasteiger partial charge in [-0.3, -0.25) is 9.59 Å². The fourth-order valence-electron chi connectivity index (χ4n) is 3.17. The fraction of sp³-hybridized carbons (Fsp3) is 0.273. The number of aromatic nitrogens is 2. The number of anilines is 1. The topological polar surface area (TPSA) is 87.7 Å². The van der Waals surface area contributed by atoms with Crippen molar-refractivity contribution in [2.45, 2.75) is 6.61 Å². The first-order valence-corrected chi connectivity index (χ1v) is 10.9. The number of hydrogen-bond acceptors (Lipinski definition) is 7. The van der Waals surface area contributed by atoms with Crippen LogP contribution in [-0.2, 0) is 6.61 Å². The second-order valence-electron chi connectivity index (χ2n) is 7.34. The molecule has 10 heteroatoms. The summed E-state index contributed by atoms with van der Waals surface area (Å²) in [6, 6.07) is 12.8. The van der Waals surface area contributed by atoms with E-state index in [2.05, 4.69) is 20.4 Å². The first-order valence-electron chi connectivity index (χ1n) is 10.1. The number of rotatable bonds is 6. The summed E-state index contributed by atoms with van der Waals surface area (Å²) < 4.78 is 19.4. The van der Waals surface area contributed by atoms with E-state index < -0.39 is 11.7 Å². The molecule has 4 rings (SSSR count). The molecule has 1 aliphatic heterocycles. The van der Waals surface area contributed by atoms with Crippen molar-refractivity contribution >= 4 is 28.8 Å². The Kier molecular flexibility index (Phi) is 6.72. The first-order chi connectivity index (χ1) is 15.5. The van der Waals surface area contributed by atoms with E-state index in [1.165, 1.54) is 12.1 Å². The van der Waals surface area contributed by atoms with Crippen LogP contribution in [0.5, 0.6) is 5.75 Å². The van der Waals surface area contributed by atoms with Crippen LogP contribution in [0, 0.1) is 5.82 Å². The van der Waals surface area contributed by atoms with Gasteiger partial charge in [0.1, 0.15) is 18.2 Å². The Bertz CT molecular complexity index is 1100. The Morgan fingerprint density at radius 3 is 2.50 bits per heavy atom. The van der Waals surface area contributed by atoms with Crippen molar-refractivity contribution in [2.75, 3.05) is 38.5 Å². The third kappa shape index (κ3) is 5.27. The van der Waals surface area contributed by atoms with Gasteiger partial charge in [0.15, 0.2) is 5.01 Å².